The first-order valence-corrected chi connectivity index (χ1v) is 8.34. The lowest BCUT2D eigenvalue weighted by atomic mass is 10.3. The molecule has 0 saturated carbocycles. The van der Waals surface area contributed by atoms with Crippen LogP contribution >= 0.6 is 34.8 Å². The van der Waals surface area contributed by atoms with Crippen LogP contribution in [0.2, 0.25) is 15.3 Å². The maximum atomic E-state index is 12.4. The standard InChI is InChI=1S/C15H13Cl3N4O3/c1-20-12-11(13(23)21(2)15(20)24)22(14(18)19-12)5-6-25-10-7-8(16)3-4-9(10)17/h3-4,7H,5-6H2,1-2H3. The topological polar surface area (TPSA) is 71.0 Å². The van der Waals surface area contributed by atoms with E-state index >= 15 is 0 Å². The second-order valence-corrected chi connectivity index (χ2v) is 6.52. The van der Waals surface area contributed by atoms with Gasteiger partial charge in [-0.1, -0.05) is 23.2 Å². The van der Waals surface area contributed by atoms with Gasteiger partial charge in [0, 0.05) is 25.2 Å². The van der Waals surface area contributed by atoms with E-state index in [4.69, 9.17) is 39.5 Å². The van der Waals surface area contributed by atoms with Crippen molar-refractivity contribution in [1.82, 2.24) is 18.7 Å². The van der Waals surface area contributed by atoms with Crippen molar-refractivity contribution in [3.05, 3.63) is 54.4 Å². The molecule has 0 bridgehead atoms. The van der Waals surface area contributed by atoms with Gasteiger partial charge in [-0.25, -0.2) is 4.79 Å². The first kappa shape index (κ1) is 17.8. The fraction of sp³-hybridized carbons (Fsp3) is 0.267. The van der Waals surface area contributed by atoms with Crippen molar-refractivity contribution in [3.8, 4) is 5.75 Å². The summed E-state index contributed by atoms with van der Waals surface area (Å²) in [7, 11) is 2.93. The number of hydrogen-bond acceptors (Lipinski definition) is 4. The molecule has 132 valence electrons. The van der Waals surface area contributed by atoms with Crippen LogP contribution < -0.4 is 16.0 Å². The highest BCUT2D eigenvalue weighted by atomic mass is 35.5. The highest BCUT2D eigenvalue weighted by Gasteiger charge is 2.18. The van der Waals surface area contributed by atoms with Crippen molar-refractivity contribution in [2.75, 3.05) is 6.61 Å². The Kier molecular flexibility index (Phi) is 4.81. The highest BCUT2D eigenvalue weighted by Crippen LogP contribution is 2.27. The zero-order valence-corrected chi connectivity index (χ0v) is 15.6. The van der Waals surface area contributed by atoms with Crippen molar-refractivity contribution >= 4 is 46.0 Å². The zero-order chi connectivity index (χ0) is 18.3. The molecule has 3 aromatic rings. The minimum absolute atomic E-state index is 0.0918. The van der Waals surface area contributed by atoms with E-state index < -0.39 is 11.2 Å². The van der Waals surface area contributed by atoms with Crippen LogP contribution in [0.4, 0.5) is 0 Å². The number of fused-ring (bicyclic) bond motifs is 1. The molecule has 0 aliphatic heterocycles. The van der Waals surface area contributed by atoms with Gasteiger partial charge in [-0.3, -0.25) is 13.9 Å². The lowest BCUT2D eigenvalue weighted by Crippen LogP contribution is -2.37. The summed E-state index contributed by atoms with van der Waals surface area (Å²) < 4.78 is 9.39. The molecule has 2 heterocycles. The Hall–Kier alpha value is -1.96. The number of ether oxygens (including phenoxy) is 1. The van der Waals surface area contributed by atoms with E-state index in [1.807, 2.05) is 0 Å². The van der Waals surface area contributed by atoms with Gasteiger partial charge in [0.2, 0.25) is 5.28 Å². The number of imidazole rings is 1. The average molecular weight is 404 g/mol. The van der Waals surface area contributed by atoms with Crippen LogP contribution in [0.15, 0.2) is 27.8 Å². The van der Waals surface area contributed by atoms with Gasteiger partial charge in [0.15, 0.2) is 11.2 Å². The Morgan fingerprint density at radius 1 is 1.12 bits per heavy atom. The summed E-state index contributed by atoms with van der Waals surface area (Å²) in [6.45, 7) is 0.420. The van der Waals surface area contributed by atoms with Gasteiger partial charge in [0.25, 0.3) is 5.56 Å². The Morgan fingerprint density at radius 3 is 2.56 bits per heavy atom. The maximum Gasteiger partial charge on any atom is 0.332 e. The molecular weight excluding hydrogens is 391 g/mol. The van der Waals surface area contributed by atoms with Crippen LogP contribution in [0.3, 0.4) is 0 Å². The number of halogens is 3. The van der Waals surface area contributed by atoms with Crippen LogP contribution in [0.25, 0.3) is 11.2 Å². The van der Waals surface area contributed by atoms with Gasteiger partial charge < -0.3 is 9.30 Å². The van der Waals surface area contributed by atoms with Gasteiger partial charge in [0.05, 0.1) is 11.6 Å². The van der Waals surface area contributed by atoms with Gasteiger partial charge >= 0.3 is 5.69 Å². The van der Waals surface area contributed by atoms with Crippen molar-refractivity contribution in [2.45, 2.75) is 6.54 Å². The van der Waals surface area contributed by atoms with Crippen molar-refractivity contribution in [2.24, 2.45) is 14.1 Å². The Morgan fingerprint density at radius 2 is 1.84 bits per heavy atom. The molecule has 0 aliphatic carbocycles. The monoisotopic (exact) mass is 402 g/mol. The number of benzene rings is 1. The zero-order valence-electron chi connectivity index (χ0n) is 13.3. The highest BCUT2D eigenvalue weighted by molar-refractivity contribution is 6.34. The Bertz CT molecular complexity index is 1080. The minimum atomic E-state index is -0.474. The predicted molar refractivity (Wildman–Crippen MR) is 97.2 cm³/mol. The molecule has 3 rings (SSSR count). The fourth-order valence-corrected chi connectivity index (χ4v) is 3.04. The normalized spacial score (nSPS) is 11.2. The lowest BCUT2D eigenvalue weighted by Gasteiger charge is -2.10. The van der Waals surface area contributed by atoms with Crippen LogP contribution in [-0.2, 0) is 20.6 Å². The van der Waals surface area contributed by atoms with Gasteiger partial charge in [-0.05, 0) is 23.7 Å². The molecule has 1 aromatic carbocycles. The molecule has 0 fully saturated rings. The summed E-state index contributed by atoms with van der Waals surface area (Å²) >= 11 is 18.1. The van der Waals surface area contributed by atoms with Crippen molar-refractivity contribution in [3.63, 3.8) is 0 Å². The largest absolute Gasteiger partial charge is 0.490 e. The van der Waals surface area contributed by atoms with Crippen molar-refractivity contribution in [1.29, 1.82) is 0 Å². The number of rotatable bonds is 4. The molecule has 10 heteroatoms. The van der Waals surface area contributed by atoms with Crippen LogP contribution in [0.1, 0.15) is 0 Å². The summed E-state index contributed by atoms with van der Waals surface area (Å²) in [4.78, 5) is 28.5. The molecule has 7 nitrogen and oxygen atoms in total. The van der Waals surface area contributed by atoms with Gasteiger partial charge in [-0.2, -0.15) is 4.98 Å². The minimum Gasteiger partial charge on any atom is -0.490 e. The van der Waals surface area contributed by atoms with Crippen LogP contribution in [0.5, 0.6) is 5.75 Å². The molecule has 0 saturated heterocycles. The molecule has 0 atom stereocenters. The Balaban J connectivity index is 1.95. The van der Waals surface area contributed by atoms with E-state index in [1.165, 1.54) is 23.2 Å². The molecular formula is C15H13Cl3N4O3. The quantitative estimate of drug-likeness (QED) is 0.628. The number of aromatic nitrogens is 4. The first-order chi connectivity index (χ1) is 11.8. The Labute approximate surface area is 156 Å². The second-order valence-electron chi connectivity index (χ2n) is 5.33. The number of nitrogens with zero attached hydrogens (tertiary/aromatic N) is 4. The molecule has 0 aliphatic rings. The molecule has 0 spiro atoms. The molecule has 0 unspecified atom stereocenters. The fourth-order valence-electron chi connectivity index (χ4n) is 2.46. The smallest absolute Gasteiger partial charge is 0.332 e. The summed E-state index contributed by atoms with van der Waals surface area (Å²) in [6, 6.07) is 4.88. The lowest BCUT2D eigenvalue weighted by molar-refractivity contribution is 0.300. The predicted octanol–water partition coefficient (Wildman–Crippen LogP) is 2.47. The van der Waals surface area contributed by atoms with Gasteiger partial charge in [-0.15, -0.1) is 0 Å². The van der Waals surface area contributed by atoms with E-state index in [-0.39, 0.29) is 29.6 Å². The maximum absolute atomic E-state index is 12.4. The average Bonchev–Trinajstić information content (AvgIpc) is 2.91. The third-order valence-electron chi connectivity index (χ3n) is 3.77. The van der Waals surface area contributed by atoms with Crippen LogP contribution in [-0.4, -0.2) is 25.3 Å². The first-order valence-electron chi connectivity index (χ1n) is 7.21. The van der Waals surface area contributed by atoms with Crippen LogP contribution in [0, 0.1) is 0 Å². The van der Waals surface area contributed by atoms with Crippen molar-refractivity contribution < 1.29 is 4.74 Å². The molecule has 25 heavy (non-hydrogen) atoms. The summed E-state index contributed by atoms with van der Waals surface area (Å²) in [6.07, 6.45) is 0. The summed E-state index contributed by atoms with van der Waals surface area (Å²) in [5, 5.41) is 1.01. The third-order valence-corrected chi connectivity index (χ3v) is 4.60. The summed E-state index contributed by atoms with van der Waals surface area (Å²) in [5.74, 6) is 0.426. The van der Waals surface area contributed by atoms with E-state index in [0.29, 0.717) is 15.8 Å². The van der Waals surface area contributed by atoms with E-state index in [0.717, 1.165) is 4.57 Å². The number of aryl methyl sites for hydroxylation is 1. The second kappa shape index (κ2) is 6.74. The van der Waals surface area contributed by atoms with Gasteiger partial charge in [0.1, 0.15) is 12.4 Å². The van der Waals surface area contributed by atoms with E-state index in [9.17, 15) is 9.59 Å². The molecule has 2 aromatic heterocycles. The molecule has 0 radical (unpaired) electrons. The SMILES string of the molecule is Cn1c(=O)c2c(nc(Cl)n2CCOc2cc(Cl)ccc2Cl)n(C)c1=O. The molecule has 0 amide bonds. The number of hydrogen-bond donors (Lipinski definition) is 0. The van der Waals surface area contributed by atoms with E-state index in [1.54, 1.807) is 18.2 Å². The molecule has 0 N–H and O–H groups in total. The third kappa shape index (κ3) is 3.15. The summed E-state index contributed by atoms with van der Waals surface area (Å²) in [5.41, 5.74) is -0.492. The van der Waals surface area contributed by atoms with E-state index in [2.05, 4.69) is 4.98 Å².